The van der Waals surface area contributed by atoms with Gasteiger partial charge in [-0.3, -0.25) is 14.2 Å². The van der Waals surface area contributed by atoms with Crippen LogP contribution in [-0.2, 0) is 0 Å². The molecule has 0 saturated carbocycles. The van der Waals surface area contributed by atoms with Crippen molar-refractivity contribution < 1.29 is 4.79 Å². The summed E-state index contributed by atoms with van der Waals surface area (Å²) in [6.45, 7) is 1.49. The third-order valence-corrected chi connectivity index (χ3v) is 3.34. The standard InChI is InChI=1S/C17H13NO2/c1-12(19)18-11-15(13-7-3-2-4-8-13)17(20)14-9-5-6-10-16(14)18/h2-11H,1H3. The van der Waals surface area contributed by atoms with E-state index < -0.39 is 0 Å². The third kappa shape index (κ3) is 1.93. The molecular weight excluding hydrogens is 250 g/mol. The minimum Gasteiger partial charge on any atom is -0.288 e. The van der Waals surface area contributed by atoms with Gasteiger partial charge in [-0.25, -0.2) is 0 Å². The van der Waals surface area contributed by atoms with Crippen molar-refractivity contribution in [2.75, 3.05) is 0 Å². The number of rotatable bonds is 1. The summed E-state index contributed by atoms with van der Waals surface area (Å²) in [6.07, 6.45) is 1.63. The van der Waals surface area contributed by atoms with Crippen molar-refractivity contribution in [1.29, 1.82) is 0 Å². The van der Waals surface area contributed by atoms with Gasteiger partial charge in [-0.1, -0.05) is 42.5 Å². The highest BCUT2D eigenvalue weighted by Crippen LogP contribution is 2.19. The predicted octanol–water partition coefficient (Wildman–Crippen LogP) is 3.33. The normalized spacial score (nSPS) is 10.7. The fraction of sp³-hybridized carbons (Fsp3) is 0.0588. The summed E-state index contributed by atoms with van der Waals surface area (Å²) < 4.78 is 1.53. The zero-order valence-electron chi connectivity index (χ0n) is 11.0. The van der Waals surface area contributed by atoms with E-state index in [1.165, 1.54) is 11.5 Å². The van der Waals surface area contributed by atoms with E-state index >= 15 is 0 Å². The Balaban J connectivity index is 2.43. The molecular formula is C17H13NO2. The first-order valence-corrected chi connectivity index (χ1v) is 6.39. The second-order valence-corrected chi connectivity index (χ2v) is 4.64. The van der Waals surface area contributed by atoms with Crippen molar-refractivity contribution in [3.63, 3.8) is 0 Å². The van der Waals surface area contributed by atoms with E-state index in [4.69, 9.17) is 0 Å². The molecule has 0 radical (unpaired) electrons. The average Bonchev–Trinajstić information content (AvgIpc) is 2.48. The van der Waals surface area contributed by atoms with Gasteiger partial charge >= 0.3 is 0 Å². The number of nitrogens with zero attached hydrogens (tertiary/aromatic N) is 1. The Morgan fingerprint density at radius 2 is 1.60 bits per heavy atom. The summed E-state index contributed by atoms with van der Waals surface area (Å²) in [6, 6.07) is 16.6. The Bertz CT molecular complexity index is 848. The summed E-state index contributed by atoms with van der Waals surface area (Å²) in [5, 5.41) is 0.559. The maximum atomic E-state index is 12.6. The van der Waals surface area contributed by atoms with E-state index in [2.05, 4.69) is 0 Å². The van der Waals surface area contributed by atoms with E-state index in [0.717, 1.165) is 5.56 Å². The smallest absolute Gasteiger partial charge is 0.227 e. The van der Waals surface area contributed by atoms with Crippen LogP contribution in [0.15, 0.2) is 65.6 Å². The van der Waals surface area contributed by atoms with Gasteiger partial charge in [0.25, 0.3) is 0 Å². The van der Waals surface area contributed by atoms with Crippen LogP contribution in [-0.4, -0.2) is 10.5 Å². The summed E-state index contributed by atoms with van der Waals surface area (Å²) in [4.78, 5) is 24.4. The van der Waals surface area contributed by atoms with Gasteiger partial charge in [-0.2, -0.15) is 0 Å². The second-order valence-electron chi connectivity index (χ2n) is 4.64. The molecule has 20 heavy (non-hydrogen) atoms. The van der Waals surface area contributed by atoms with Crippen LogP contribution in [0, 0.1) is 0 Å². The lowest BCUT2D eigenvalue weighted by Gasteiger charge is -2.10. The molecule has 0 spiro atoms. The maximum absolute atomic E-state index is 12.6. The highest BCUT2D eigenvalue weighted by atomic mass is 16.1. The molecule has 0 aliphatic rings. The molecule has 0 aliphatic heterocycles. The van der Waals surface area contributed by atoms with Crippen LogP contribution in [0.2, 0.25) is 0 Å². The lowest BCUT2D eigenvalue weighted by molar-refractivity contribution is 0.0941. The summed E-state index contributed by atoms with van der Waals surface area (Å²) in [5.41, 5.74) is 1.95. The zero-order chi connectivity index (χ0) is 14.1. The van der Waals surface area contributed by atoms with Crippen molar-refractivity contribution in [3.8, 4) is 11.1 Å². The van der Waals surface area contributed by atoms with E-state index in [-0.39, 0.29) is 11.3 Å². The highest BCUT2D eigenvalue weighted by molar-refractivity contribution is 5.92. The van der Waals surface area contributed by atoms with Crippen LogP contribution in [0.25, 0.3) is 22.0 Å². The molecule has 1 aromatic heterocycles. The first-order chi connectivity index (χ1) is 9.68. The van der Waals surface area contributed by atoms with E-state index in [1.54, 1.807) is 18.3 Å². The molecule has 0 unspecified atom stereocenters. The maximum Gasteiger partial charge on any atom is 0.227 e. The molecule has 0 atom stereocenters. The monoisotopic (exact) mass is 263 g/mol. The Hall–Kier alpha value is -2.68. The number of benzene rings is 2. The van der Waals surface area contributed by atoms with Gasteiger partial charge in [-0.05, 0) is 17.7 Å². The number of hydrogen-bond donors (Lipinski definition) is 0. The molecule has 0 aliphatic carbocycles. The fourth-order valence-corrected chi connectivity index (χ4v) is 2.36. The summed E-state index contributed by atoms with van der Waals surface area (Å²) in [5.74, 6) is -0.113. The molecule has 0 bridgehead atoms. The van der Waals surface area contributed by atoms with Crippen molar-refractivity contribution in [1.82, 2.24) is 4.57 Å². The molecule has 3 heteroatoms. The van der Waals surface area contributed by atoms with Crippen LogP contribution >= 0.6 is 0 Å². The number of pyridine rings is 1. The number of para-hydroxylation sites is 1. The van der Waals surface area contributed by atoms with Crippen LogP contribution in [0.5, 0.6) is 0 Å². The Morgan fingerprint density at radius 1 is 0.950 bits per heavy atom. The fourth-order valence-electron chi connectivity index (χ4n) is 2.36. The van der Waals surface area contributed by atoms with Gasteiger partial charge in [0.1, 0.15) is 0 Å². The third-order valence-electron chi connectivity index (χ3n) is 3.34. The number of aromatic nitrogens is 1. The molecule has 98 valence electrons. The molecule has 3 nitrogen and oxygen atoms in total. The number of carbonyl (C=O) groups excluding carboxylic acids is 1. The molecule has 3 aromatic rings. The van der Waals surface area contributed by atoms with Crippen LogP contribution < -0.4 is 5.43 Å². The highest BCUT2D eigenvalue weighted by Gasteiger charge is 2.11. The van der Waals surface area contributed by atoms with E-state index in [9.17, 15) is 9.59 Å². The minimum atomic E-state index is -0.113. The van der Waals surface area contributed by atoms with Gasteiger partial charge in [0.05, 0.1) is 5.52 Å². The van der Waals surface area contributed by atoms with Crippen LogP contribution in [0.1, 0.15) is 11.7 Å². The largest absolute Gasteiger partial charge is 0.288 e. The van der Waals surface area contributed by atoms with Gasteiger partial charge in [0.15, 0.2) is 5.43 Å². The number of fused-ring (bicyclic) bond motifs is 1. The topological polar surface area (TPSA) is 39.1 Å². The Kier molecular flexibility index (Phi) is 2.95. The molecule has 0 saturated heterocycles. The lowest BCUT2D eigenvalue weighted by atomic mass is 10.0. The van der Waals surface area contributed by atoms with Crippen LogP contribution in [0.3, 0.4) is 0 Å². The quantitative estimate of drug-likeness (QED) is 0.675. The van der Waals surface area contributed by atoms with Gasteiger partial charge in [-0.15, -0.1) is 0 Å². The number of hydrogen-bond acceptors (Lipinski definition) is 2. The first kappa shape index (κ1) is 12.4. The Morgan fingerprint density at radius 3 is 2.30 bits per heavy atom. The summed E-state index contributed by atoms with van der Waals surface area (Å²) in [7, 11) is 0. The van der Waals surface area contributed by atoms with Crippen LogP contribution in [0.4, 0.5) is 0 Å². The Labute approximate surface area is 116 Å². The van der Waals surface area contributed by atoms with Gasteiger partial charge in [0.2, 0.25) is 5.91 Å². The minimum absolute atomic E-state index is 0.0516. The van der Waals surface area contributed by atoms with Crippen molar-refractivity contribution in [2.24, 2.45) is 0 Å². The van der Waals surface area contributed by atoms with Gasteiger partial charge < -0.3 is 0 Å². The number of carbonyl (C=O) groups is 1. The molecule has 0 N–H and O–H groups in total. The zero-order valence-corrected chi connectivity index (χ0v) is 11.0. The molecule has 3 rings (SSSR count). The molecule has 0 amide bonds. The van der Waals surface area contributed by atoms with E-state index in [1.807, 2.05) is 42.5 Å². The predicted molar refractivity (Wildman–Crippen MR) is 79.9 cm³/mol. The second kappa shape index (κ2) is 4.78. The van der Waals surface area contributed by atoms with Crippen molar-refractivity contribution in [2.45, 2.75) is 6.92 Å². The van der Waals surface area contributed by atoms with Gasteiger partial charge in [0, 0.05) is 24.1 Å². The lowest BCUT2D eigenvalue weighted by Crippen LogP contribution is -2.15. The molecule has 1 heterocycles. The molecule has 0 fully saturated rings. The van der Waals surface area contributed by atoms with Crippen molar-refractivity contribution in [3.05, 3.63) is 71.0 Å². The SMILES string of the molecule is CC(=O)n1cc(-c2ccccc2)c(=O)c2ccccc21. The van der Waals surface area contributed by atoms with E-state index in [0.29, 0.717) is 16.5 Å². The average molecular weight is 263 g/mol. The first-order valence-electron chi connectivity index (χ1n) is 6.39. The summed E-state index contributed by atoms with van der Waals surface area (Å²) >= 11 is 0. The van der Waals surface area contributed by atoms with Crippen molar-refractivity contribution >= 4 is 16.8 Å². The molecule has 2 aromatic carbocycles.